The Kier molecular flexibility index (Phi) is 7.39. The van der Waals surface area contributed by atoms with Gasteiger partial charge in [-0.05, 0) is 13.8 Å². The van der Waals surface area contributed by atoms with Crippen molar-refractivity contribution in [3.8, 4) is 0 Å². The molecule has 0 fully saturated rings. The van der Waals surface area contributed by atoms with Crippen LogP contribution in [-0.4, -0.2) is 48.7 Å². The smallest absolute Gasteiger partial charge is 0.0895 e. The first-order valence-corrected chi connectivity index (χ1v) is 4.30. The van der Waals surface area contributed by atoms with Crippen LogP contribution in [0.4, 0.5) is 0 Å². The van der Waals surface area contributed by atoms with Crippen LogP contribution in [0.5, 0.6) is 0 Å². The highest BCUT2D eigenvalue weighted by Gasteiger charge is 2.04. The molecule has 1 unspecified atom stereocenters. The van der Waals surface area contributed by atoms with Gasteiger partial charge in [0, 0.05) is 19.2 Å². The van der Waals surface area contributed by atoms with Gasteiger partial charge in [-0.3, -0.25) is 0 Å². The van der Waals surface area contributed by atoms with E-state index in [0.717, 1.165) is 0 Å². The molecule has 0 radical (unpaired) electrons. The van der Waals surface area contributed by atoms with Gasteiger partial charge in [0.25, 0.3) is 0 Å². The normalized spacial score (nSPS) is 16.0. The Morgan fingerprint density at radius 1 is 1.50 bits per heavy atom. The predicted octanol–water partition coefficient (Wildman–Crippen LogP) is -0.646. The van der Waals surface area contributed by atoms with Crippen LogP contribution in [0, 0.1) is 0 Å². The number of nitrogens with one attached hydrogen (secondary N) is 1. The van der Waals surface area contributed by atoms with Gasteiger partial charge in [-0.25, -0.2) is 0 Å². The van der Waals surface area contributed by atoms with Gasteiger partial charge in [-0.2, -0.15) is 0 Å². The lowest BCUT2D eigenvalue weighted by atomic mass is 10.3. The molecule has 0 aromatic carbocycles. The molecule has 0 aromatic rings. The van der Waals surface area contributed by atoms with Crippen LogP contribution in [0.25, 0.3) is 0 Å². The van der Waals surface area contributed by atoms with E-state index in [0.29, 0.717) is 19.8 Å². The number of aliphatic hydroxyl groups excluding tert-OH is 2. The van der Waals surface area contributed by atoms with E-state index in [1.165, 1.54) is 0 Å². The van der Waals surface area contributed by atoms with Crippen LogP contribution in [0.3, 0.4) is 0 Å². The van der Waals surface area contributed by atoms with E-state index in [1.54, 1.807) is 0 Å². The van der Waals surface area contributed by atoms with E-state index >= 15 is 0 Å². The number of hydrogen-bond acceptors (Lipinski definition) is 4. The fourth-order valence-corrected chi connectivity index (χ4v) is 0.755. The van der Waals surface area contributed by atoms with Crippen LogP contribution in [0.15, 0.2) is 0 Å². The van der Waals surface area contributed by atoms with Gasteiger partial charge in [0.05, 0.1) is 19.3 Å². The van der Waals surface area contributed by atoms with Crippen molar-refractivity contribution in [3.63, 3.8) is 0 Å². The van der Waals surface area contributed by atoms with E-state index in [9.17, 15) is 0 Å². The van der Waals surface area contributed by atoms with Gasteiger partial charge in [0.1, 0.15) is 0 Å². The first-order valence-electron chi connectivity index (χ1n) is 4.30. The quantitative estimate of drug-likeness (QED) is 0.484. The molecule has 0 aliphatic heterocycles. The molecule has 0 heterocycles. The van der Waals surface area contributed by atoms with Crippen molar-refractivity contribution in [2.24, 2.45) is 0 Å². The van der Waals surface area contributed by atoms with E-state index in [4.69, 9.17) is 14.9 Å². The molecule has 0 amide bonds. The molecule has 4 heteroatoms. The molecule has 2 atom stereocenters. The highest BCUT2D eigenvalue weighted by molar-refractivity contribution is 4.63. The first-order chi connectivity index (χ1) is 5.70. The summed E-state index contributed by atoms with van der Waals surface area (Å²) >= 11 is 0. The molecule has 4 nitrogen and oxygen atoms in total. The summed E-state index contributed by atoms with van der Waals surface area (Å²) in [7, 11) is 0. The fraction of sp³-hybridized carbons (Fsp3) is 1.00. The summed E-state index contributed by atoms with van der Waals surface area (Å²) in [6, 6.07) is 0.214. The molecule has 0 saturated heterocycles. The van der Waals surface area contributed by atoms with Crippen LogP contribution < -0.4 is 5.32 Å². The topological polar surface area (TPSA) is 61.7 Å². The molecular weight excluding hydrogens is 158 g/mol. The van der Waals surface area contributed by atoms with Crippen molar-refractivity contribution >= 4 is 0 Å². The Morgan fingerprint density at radius 2 is 2.17 bits per heavy atom. The maximum atomic E-state index is 8.98. The van der Waals surface area contributed by atoms with Crippen molar-refractivity contribution in [2.75, 3.05) is 26.4 Å². The molecule has 0 aromatic heterocycles. The second kappa shape index (κ2) is 7.49. The summed E-state index contributed by atoms with van der Waals surface area (Å²) in [5.41, 5.74) is 0. The van der Waals surface area contributed by atoms with Crippen LogP contribution in [0.1, 0.15) is 13.8 Å². The molecule has 0 rings (SSSR count). The maximum absolute atomic E-state index is 8.98. The Bertz CT molecular complexity index is 100. The second-order valence-corrected chi connectivity index (χ2v) is 2.81. The largest absolute Gasteiger partial charge is 0.394 e. The third kappa shape index (κ3) is 6.54. The molecule has 12 heavy (non-hydrogen) atoms. The number of ether oxygens (including phenoxy) is 1. The van der Waals surface area contributed by atoms with E-state index in [-0.39, 0.29) is 12.6 Å². The zero-order valence-electron chi connectivity index (χ0n) is 7.79. The minimum absolute atomic E-state index is 0.200. The summed E-state index contributed by atoms with van der Waals surface area (Å²) in [5.74, 6) is 0. The van der Waals surface area contributed by atoms with Crippen LogP contribution in [0.2, 0.25) is 0 Å². The van der Waals surface area contributed by atoms with Crippen molar-refractivity contribution in [2.45, 2.75) is 26.0 Å². The number of hydrogen-bond donors (Lipinski definition) is 3. The zero-order chi connectivity index (χ0) is 9.40. The predicted molar refractivity (Wildman–Crippen MR) is 47.1 cm³/mol. The third-order valence-electron chi connectivity index (χ3n) is 1.48. The summed E-state index contributed by atoms with van der Waals surface area (Å²) in [5, 5.41) is 20.5. The molecule has 3 N–H and O–H groups in total. The SMILES string of the molecule is CCOCC(C)NC[C@H](O)CO. The van der Waals surface area contributed by atoms with Gasteiger partial charge in [0.15, 0.2) is 0 Å². The van der Waals surface area contributed by atoms with Crippen molar-refractivity contribution in [1.82, 2.24) is 5.32 Å². The minimum Gasteiger partial charge on any atom is -0.394 e. The highest BCUT2D eigenvalue weighted by atomic mass is 16.5. The molecule has 0 saturated carbocycles. The monoisotopic (exact) mass is 177 g/mol. The van der Waals surface area contributed by atoms with Gasteiger partial charge in [0.2, 0.25) is 0 Å². The lowest BCUT2D eigenvalue weighted by Gasteiger charge is -2.15. The molecular formula is C8H19NO3. The van der Waals surface area contributed by atoms with Crippen LogP contribution >= 0.6 is 0 Å². The number of aliphatic hydroxyl groups is 2. The van der Waals surface area contributed by atoms with Gasteiger partial charge < -0.3 is 20.3 Å². The zero-order valence-corrected chi connectivity index (χ0v) is 7.79. The van der Waals surface area contributed by atoms with E-state index in [1.807, 2.05) is 13.8 Å². The Morgan fingerprint density at radius 3 is 2.67 bits per heavy atom. The molecule has 74 valence electrons. The Hall–Kier alpha value is -0.160. The number of rotatable bonds is 7. The van der Waals surface area contributed by atoms with Gasteiger partial charge in [-0.1, -0.05) is 0 Å². The van der Waals surface area contributed by atoms with Crippen molar-refractivity contribution < 1.29 is 14.9 Å². The molecule has 0 bridgehead atoms. The molecule has 0 spiro atoms. The Balaban J connectivity index is 3.24. The van der Waals surface area contributed by atoms with Crippen molar-refractivity contribution in [1.29, 1.82) is 0 Å². The lowest BCUT2D eigenvalue weighted by molar-refractivity contribution is 0.0823. The standard InChI is InChI=1S/C8H19NO3/c1-3-12-6-7(2)9-4-8(11)5-10/h7-11H,3-6H2,1-2H3/t7?,8-/m0/s1. The molecule has 0 aliphatic carbocycles. The van der Waals surface area contributed by atoms with E-state index in [2.05, 4.69) is 5.32 Å². The fourth-order valence-electron chi connectivity index (χ4n) is 0.755. The van der Waals surface area contributed by atoms with Gasteiger partial charge >= 0.3 is 0 Å². The summed E-state index contributed by atoms with van der Waals surface area (Å²) in [4.78, 5) is 0. The summed E-state index contributed by atoms with van der Waals surface area (Å²) in [6.07, 6.45) is -0.672. The van der Waals surface area contributed by atoms with Crippen molar-refractivity contribution in [3.05, 3.63) is 0 Å². The maximum Gasteiger partial charge on any atom is 0.0895 e. The summed E-state index contributed by atoms with van der Waals surface area (Å²) in [6.45, 7) is 5.46. The average Bonchev–Trinajstić information content (AvgIpc) is 2.10. The third-order valence-corrected chi connectivity index (χ3v) is 1.48. The first kappa shape index (κ1) is 11.8. The lowest BCUT2D eigenvalue weighted by Crippen LogP contribution is -2.37. The Labute approximate surface area is 73.5 Å². The second-order valence-electron chi connectivity index (χ2n) is 2.81. The highest BCUT2D eigenvalue weighted by Crippen LogP contribution is 1.85. The van der Waals surface area contributed by atoms with Gasteiger partial charge in [-0.15, -0.1) is 0 Å². The van der Waals surface area contributed by atoms with Crippen LogP contribution in [-0.2, 0) is 4.74 Å². The van der Waals surface area contributed by atoms with E-state index < -0.39 is 6.10 Å². The minimum atomic E-state index is -0.672. The average molecular weight is 177 g/mol. The molecule has 0 aliphatic rings. The summed E-state index contributed by atoms with van der Waals surface area (Å²) < 4.78 is 5.15.